The summed E-state index contributed by atoms with van der Waals surface area (Å²) in [5.41, 5.74) is 14.2. The number of guanidine groups is 1. The molecule has 0 saturated carbocycles. The molecule has 1 aromatic carbocycles. The van der Waals surface area contributed by atoms with Gasteiger partial charge in [-0.05, 0) is 19.1 Å². The summed E-state index contributed by atoms with van der Waals surface area (Å²) in [6.45, 7) is 1.84. The van der Waals surface area contributed by atoms with Crippen LogP contribution in [0, 0.1) is 18.3 Å². The molecule has 1 heterocycles. The lowest BCUT2D eigenvalue weighted by molar-refractivity contribution is 0.483. The van der Waals surface area contributed by atoms with Crippen molar-refractivity contribution in [2.45, 2.75) is 23.6 Å². The van der Waals surface area contributed by atoms with Gasteiger partial charge in [0.1, 0.15) is 5.37 Å². The van der Waals surface area contributed by atoms with Crippen LogP contribution in [0.25, 0.3) is 0 Å². The Bertz CT molecular complexity index is 840. The summed E-state index contributed by atoms with van der Waals surface area (Å²) in [4.78, 5) is 8.14. The zero-order chi connectivity index (χ0) is 19.6. The number of nitrogens with two attached hydrogens (primary N) is 2. The van der Waals surface area contributed by atoms with E-state index >= 15 is 0 Å². The molecule has 1 atom stereocenters. The molecule has 5 N–H and O–H groups in total. The molecule has 1 aromatic heterocycles. The normalized spacial score (nSPS) is 11.6. The van der Waals surface area contributed by atoms with Gasteiger partial charge in [-0.15, -0.1) is 23.1 Å². The van der Waals surface area contributed by atoms with E-state index in [4.69, 9.17) is 21.3 Å². The monoisotopic (exact) mass is 413 g/mol. The highest BCUT2D eigenvalue weighted by Crippen LogP contribution is 2.30. The SMILES string of the molecule is Cc1ccc(S(=O)(=O)O)cc1.N#CCCSC(N=C(N)N)c1cscn1. The standard InChI is InChI=1S/C8H11N5S2.C7H8O3S/c9-2-1-3-15-7(13-8(10)11)6-4-14-5-12-6;1-6-2-4-7(5-3-6)11(8,9)10/h4-5,7H,1,3H2,(H4,10,11,13);2-5H,1H3,(H,8,9,10). The van der Waals surface area contributed by atoms with E-state index in [1.54, 1.807) is 17.6 Å². The predicted octanol–water partition coefficient (Wildman–Crippen LogP) is 2.30. The van der Waals surface area contributed by atoms with Crippen molar-refractivity contribution in [3.05, 3.63) is 46.4 Å². The number of rotatable bonds is 6. The van der Waals surface area contributed by atoms with Crippen molar-refractivity contribution in [1.29, 1.82) is 5.26 Å². The second-order valence-electron chi connectivity index (χ2n) is 4.89. The first-order valence-electron chi connectivity index (χ1n) is 7.23. The van der Waals surface area contributed by atoms with E-state index in [9.17, 15) is 8.42 Å². The summed E-state index contributed by atoms with van der Waals surface area (Å²) >= 11 is 3.00. The number of benzene rings is 1. The van der Waals surface area contributed by atoms with E-state index in [2.05, 4.69) is 16.0 Å². The van der Waals surface area contributed by atoms with E-state index in [-0.39, 0.29) is 16.2 Å². The molecule has 0 fully saturated rings. The lowest BCUT2D eigenvalue weighted by atomic mass is 10.2. The Kier molecular flexibility index (Phi) is 9.08. The first-order chi connectivity index (χ1) is 12.2. The molecule has 2 aromatic rings. The molecule has 140 valence electrons. The number of hydrogen-bond donors (Lipinski definition) is 3. The molecule has 1 unspecified atom stereocenters. The fraction of sp³-hybridized carbons (Fsp3) is 0.267. The third-order valence-electron chi connectivity index (χ3n) is 2.78. The van der Waals surface area contributed by atoms with Crippen molar-refractivity contribution in [1.82, 2.24) is 4.98 Å². The summed E-state index contributed by atoms with van der Waals surface area (Å²) in [6, 6.07) is 8.06. The number of aliphatic imine (C=N–C) groups is 1. The second kappa shape index (κ2) is 10.8. The molecule has 26 heavy (non-hydrogen) atoms. The molecule has 8 nitrogen and oxygen atoms in total. The highest BCUT2D eigenvalue weighted by Gasteiger charge is 2.12. The highest BCUT2D eigenvalue weighted by atomic mass is 32.2. The largest absolute Gasteiger partial charge is 0.370 e. The van der Waals surface area contributed by atoms with E-state index in [1.807, 2.05) is 12.3 Å². The smallest absolute Gasteiger partial charge is 0.294 e. The maximum atomic E-state index is 10.5. The van der Waals surface area contributed by atoms with Crippen LogP contribution in [0.1, 0.15) is 23.1 Å². The zero-order valence-electron chi connectivity index (χ0n) is 13.9. The molecule has 11 heteroatoms. The van der Waals surface area contributed by atoms with Gasteiger partial charge in [-0.3, -0.25) is 4.55 Å². The number of nitrogens with zero attached hydrogens (tertiary/aromatic N) is 3. The van der Waals surface area contributed by atoms with Crippen molar-refractivity contribution in [3.63, 3.8) is 0 Å². The van der Waals surface area contributed by atoms with Crippen molar-refractivity contribution in [2.24, 2.45) is 16.5 Å². The minimum absolute atomic E-state index is 0.0393. The van der Waals surface area contributed by atoms with Crippen molar-refractivity contribution < 1.29 is 13.0 Å². The average Bonchev–Trinajstić information content (AvgIpc) is 3.08. The van der Waals surface area contributed by atoms with Gasteiger partial charge in [0.05, 0.1) is 22.2 Å². The molecular formula is C15H19N5O3S3. The molecule has 0 aliphatic carbocycles. The molecule has 0 bridgehead atoms. The predicted molar refractivity (Wildman–Crippen MR) is 104 cm³/mol. The van der Waals surface area contributed by atoms with Gasteiger partial charge in [0, 0.05) is 17.6 Å². The summed E-state index contributed by atoms with van der Waals surface area (Å²) in [6.07, 6.45) is 0.477. The highest BCUT2D eigenvalue weighted by molar-refractivity contribution is 7.99. The van der Waals surface area contributed by atoms with Crippen LogP contribution in [0.5, 0.6) is 0 Å². The van der Waals surface area contributed by atoms with Crippen molar-refractivity contribution in [3.8, 4) is 6.07 Å². The zero-order valence-corrected chi connectivity index (χ0v) is 16.4. The lowest BCUT2D eigenvalue weighted by Gasteiger charge is -2.08. The fourth-order valence-corrected chi connectivity index (χ4v) is 3.66. The molecule has 0 radical (unpaired) electrons. The summed E-state index contributed by atoms with van der Waals surface area (Å²) in [5, 5.41) is 10.1. The number of aryl methyl sites for hydroxylation is 1. The van der Waals surface area contributed by atoms with Gasteiger partial charge in [-0.25, -0.2) is 9.98 Å². The van der Waals surface area contributed by atoms with Gasteiger partial charge in [0.2, 0.25) is 0 Å². The van der Waals surface area contributed by atoms with E-state index in [1.165, 1.54) is 35.2 Å². The number of nitriles is 1. The number of thioether (sulfide) groups is 1. The Balaban J connectivity index is 0.000000273. The first-order valence-corrected chi connectivity index (χ1v) is 10.7. The quantitative estimate of drug-likeness (QED) is 0.282. The van der Waals surface area contributed by atoms with Gasteiger partial charge >= 0.3 is 0 Å². The summed E-state index contributed by atoms with van der Waals surface area (Å²) < 4.78 is 29.6. The Hall–Kier alpha value is -2.13. The number of thiazole rings is 1. The van der Waals surface area contributed by atoms with Crippen molar-refractivity contribution >= 4 is 39.2 Å². The maximum Gasteiger partial charge on any atom is 0.294 e. The van der Waals surface area contributed by atoms with E-state index in [0.29, 0.717) is 12.2 Å². The van der Waals surface area contributed by atoms with Crippen LogP contribution in [-0.2, 0) is 10.1 Å². The van der Waals surface area contributed by atoms with Crippen LogP contribution in [-0.4, -0.2) is 29.7 Å². The van der Waals surface area contributed by atoms with Gasteiger partial charge in [-0.1, -0.05) is 17.7 Å². The fourth-order valence-electron chi connectivity index (χ4n) is 1.59. The van der Waals surface area contributed by atoms with Gasteiger partial charge in [0.15, 0.2) is 5.96 Å². The van der Waals surface area contributed by atoms with Crippen LogP contribution in [0.3, 0.4) is 0 Å². The third-order valence-corrected chi connectivity index (χ3v) is 5.35. The second-order valence-corrected chi connectivity index (χ2v) is 8.21. The summed E-state index contributed by atoms with van der Waals surface area (Å²) in [7, 11) is -4.02. The Morgan fingerprint density at radius 3 is 2.54 bits per heavy atom. The molecular weight excluding hydrogens is 394 g/mol. The van der Waals surface area contributed by atoms with Gasteiger partial charge < -0.3 is 11.5 Å². The Labute approximate surface area is 160 Å². The molecule has 0 spiro atoms. The minimum atomic E-state index is -4.02. The third kappa shape index (κ3) is 8.30. The molecule has 0 saturated heterocycles. The summed E-state index contributed by atoms with van der Waals surface area (Å²) in [5.74, 6) is 0.729. The molecule has 2 rings (SSSR count). The number of aromatic nitrogens is 1. The first kappa shape index (κ1) is 21.9. The topological polar surface area (TPSA) is 155 Å². The van der Waals surface area contributed by atoms with Crippen LogP contribution in [0.2, 0.25) is 0 Å². The Morgan fingerprint density at radius 2 is 2.08 bits per heavy atom. The van der Waals surface area contributed by atoms with Crippen LogP contribution >= 0.6 is 23.1 Å². The Morgan fingerprint density at radius 1 is 1.42 bits per heavy atom. The van der Waals surface area contributed by atoms with Crippen LogP contribution < -0.4 is 11.5 Å². The molecule has 0 amide bonds. The van der Waals surface area contributed by atoms with Crippen molar-refractivity contribution in [2.75, 3.05) is 5.75 Å². The molecule has 0 aliphatic heterocycles. The average molecular weight is 414 g/mol. The maximum absolute atomic E-state index is 10.5. The minimum Gasteiger partial charge on any atom is -0.370 e. The van der Waals surface area contributed by atoms with Crippen LogP contribution in [0.15, 0.2) is 45.0 Å². The van der Waals surface area contributed by atoms with Crippen LogP contribution in [0.4, 0.5) is 0 Å². The van der Waals surface area contributed by atoms with Gasteiger partial charge in [0.25, 0.3) is 10.1 Å². The number of hydrogen-bond acceptors (Lipinski definition) is 7. The van der Waals surface area contributed by atoms with Gasteiger partial charge in [-0.2, -0.15) is 13.7 Å². The molecule has 0 aliphatic rings. The lowest BCUT2D eigenvalue weighted by Crippen LogP contribution is -2.23. The van der Waals surface area contributed by atoms with E-state index < -0.39 is 10.1 Å². The van der Waals surface area contributed by atoms with E-state index in [0.717, 1.165) is 11.3 Å².